The van der Waals surface area contributed by atoms with Gasteiger partial charge in [-0.05, 0) is 78.0 Å². The van der Waals surface area contributed by atoms with Crippen LogP contribution in [0.1, 0.15) is 12.5 Å². The standard InChI is InChI=1S/C24H22N2O4S/c1-4-30-17-10-7-16(8-11-17)25-24-26-23(27)22(31-24)14-20-19-13-18(28-2)9-5-15(19)6-12-21(20)29-3/h5-14H,4H2,1-3H3,(H,25,26,27)/b22-14+. The minimum Gasteiger partial charge on any atom is -0.497 e. The molecular formula is C24H22N2O4S. The number of amidine groups is 1. The number of benzene rings is 3. The van der Waals surface area contributed by atoms with Gasteiger partial charge < -0.3 is 19.5 Å². The average Bonchev–Trinajstić information content (AvgIpc) is 3.13. The predicted molar refractivity (Wildman–Crippen MR) is 125 cm³/mol. The smallest absolute Gasteiger partial charge is 0.264 e. The summed E-state index contributed by atoms with van der Waals surface area (Å²) in [7, 11) is 3.24. The maximum atomic E-state index is 12.6. The van der Waals surface area contributed by atoms with E-state index in [1.807, 2.05) is 67.6 Å². The van der Waals surface area contributed by atoms with Crippen molar-refractivity contribution < 1.29 is 19.0 Å². The highest BCUT2D eigenvalue weighted by molar-refractivity contribution is 8.18. The molecule has 1 aliphatic rings. The lowest BCUT2D eigenvalue weighted by Crippen LogP contribution is -2.19. The van der Waals surface area contributed by atoms with Gasteiger partial charge in [-0.2, -0.15) is 0 Å². The molecule has 0 atom stereocenters. The molecule has 31 heavy (non-hydrogen) atoms. The number of ether oxygens (including phenoxy) is 3. The van der Waals surface area contributed by atoms with E-state index in [9.17, 15) is 4.79 Å². The molecule has 7 heteroatoms. The normalized spacial score (nSPS) is 16.0. The Kier molecular flexibility index (Phi) is 6.13. The Morgan fingerprint density at radius 2 is 1.74 bits per heavy atom. The Morgan fingerprint density at radius 1 is 1.00 bits per heavy atom. The van der Waals surface area contributed by atoms with Crippen LogP contribution in [0.15, 0.2) is 64.5 Å². The summed E-state index contributed by atoms with van der Waals surface area (Å²) in [6, 6.07) is 17.1. The van der Waals surface area contributed by atoms with Gasteiger partial charge in [0.15, 0.2) is 5.17 Å². The first-order valence-corrected chi connectivity index (χ1v) is 10.6. The van der Waals surface area contributed by atoms with Crippen molar-refractivity contribution in [3.8, 4) is 17.2 Å². The first kappa shape index (κ1) is 20.8. The van der Waals surface area contributed by atoms with Gasteiger partial charge >= 0.3 is 0 Å². The van der Waals surface area contributed by atoms with E-state index >= 15 is 0 Å². The lowest BCUT2D eigenvalue weighted by Gasteiger charge is -2.10. The van der Waals surface area contributed by atoms with E-state index in [4.69, 9.17) is 14.2 Å². The number of rotatable bonds is 6. The molecule has 3 aromatic rings. The van der Waals surface area contributed by atoms with E-state index < -0.39 is 0 Å². The fourth-order valence-electron chi connectivity index (χ4n) is 3.27. The maximum absolute atomic E-state index is 12.6. The molecule has 1 N–H and O–H groups in total. The number of nitrogens with one attached hydrogen (secondary N) is 1. The van der Waals surface area contributed by atoms with Crippen LogP contribution in [0, 0.1) is 0 Å². The van der Waals surface area contributed by atoms with E-state index in [1.54, 1.807) is 14.2 Å². The topological polar surface area (TPSA) is 69.2 Å². The van der Waals surface area contributed by atoms with Gasteiger partial charge in [0.25, 0.3) is 5.91 Å². The van der Waals surface area contributed by atoms with Crippen LogP contribution in [0.2, 0.25) is 0 Å². The number of amides is 1. The summed E-state index contributed by atoms with van der Waals surface area (Å²) in [6.45, 7) is 2.55. The van der Waals surface area contributed by atoms with E-state index in [0.717, 1.165) is 33.5 Å². The zero-order chi connectivity index (χ0) is 21.8. The molecule has 1 amide bonds. The lowest BCUT2D eigenvalue weighted by atomic mass is 10.0. The molecule has 0 radical (unpaired) electrons. The van der Waals surface area contributed by atoms with Crippen LogP contribution in [0.5, 0.6) is 17.2 Å². The molecule has 1 heterocycles. The minimum atomic E-state index is -0.198. The van der Waals surface area contributed by atoms with Gasteiger partial charge in [-0.15, -0.1) is 0 Å². The number of thioether (sulfide) groups is 1. The number of methoxy groups -OCH3 is 2. The molecule has 158 valence electrons. The van der Waals surface area contributed by atoms with Crippen molar-refractivity contribution in [3.05, 3.63) is 65.1 Å². The zero-order valence-electron chi connectivity index (χ0n) is 17.5. The first-order chi connectivity index (χ1) is 15.1. The summed E-state index contributed by atoms with van der Waals surface area (Å²) in [5.74, 6) is 2.01. The average molecular weight is 435 g/mol. The highest BCUT2D eigenvalue weighted by Crippen LogP contribution is 2.36. The van der Waals surface area contributed by atoms with Gasteiger partial charge in [0.1, 0.15) is 17.2 Å². The number of carbonyl (C=O) groups excluding carboxylic acids is 1. The van der Waals surface area contributed by atoms with Crippen molar-refractivity contribution in [1.29, 1.82) is 0 Å². The largest absolute Gasteiger partial charge is 0.497 e. The fourth-order valence-corrected chi connectivity index (χ4v) is 4.09. The van der Waals surface area contributed by atoms with Crippen LogP contribution in [0.25, 0.3) is 16.8 Å². The van der Waals surface area contributed by atoms with Gasteiger partial charge in [-0.1, -0.05) is 12.1 Å². The molecule has 1 fully saturated rings. The second-order valence-electron chi connectivity index (χ2n) is 6.68. The van der Waals surface area contributed by atoms with E-state index in [1.165, 1.54) is 11.8 Å². The number of hydrogen-bond donors (Lipinski definition) is 1. The summed E-state index contributed by atoms with van der Waals surface area (Å²) >= 11 is 1.29. The van der Waals surface area contributed by atoms with Crippen LogP contribution in [0.3, 0.4) is 0 Å². The molecule has 0 saturated carbocycles. The van der Waals surface area contributed by atoms with Crippen LogP contribution in [-0.2, 0) is 4.79 Å². The van der Waals surface area contributed by atoms with Gasteiger partial charge in [0, 0.05) is 5.56 Å². The Hall–Kier alpha value is -3.45. The predicted octanol–water partition coefficient (Wildman–Crippen LogP) is 5.15. The van der Waals surface area contributed by atoms with Gasteiger partial charge in [-0.25, -0.2) is 4.99 Å². The molecule has 4 rings (SSSR count). The molecule has 0 aliphatic carbocycles. The SMILES string of the molecule is CCOc1ccc(N=C2NC(=O)/C(=C\c3c(OC)ccc4ccc(OC)cc34)S2)cc1. The summed E-state index contributed by atoms with van der Waals surface area (Å²) in [4.78, 5) is 17.7. The van der Waals surface area contributed by atoms with Gasteiger partial charge in [0.05, 0.1) is 31.4 Å². The van der Waals surface area contributed by atoms with Crippen molar-refractivity contribution in [3.63, 3.8) is 0 Å². The minimum absolute atomic E-state index is 0.198. The second-order valence-corrected chi connectivity index (χ2v) is 7.71. The molecule has 6 nitrogen and oxygen atoms in total. The van der Waals surface area contributed by atoms with Crippen molar-refractivity contribution in [2.24, 2.45) is 4.99 Å². The van der Waals surface area contributed by atoms with Crippen LogP contribution in [-0.4, -0.2) is 31.9 Å². The number of aliphatic imine (C=N–C) groups is 1. The highest BCUT2D eigenvalue weighted by atomic mass is 32.2. The summed E-state index contributed by atoms with van der Waals surface area (Å²) in [5, 5.41) is 5.32. The summed E-state index contributed by atoms with van der Waals surface area (Å²) in [6.07, 6.45) is 1.83. The molecule has 0 unspecified atom stereocenters. The van der Waals surface area contributed by atoms with Crippen molar-refractivity contribution in [2.45, 2.75) is 6.92 Å². The first-order valence-electron chi connectivity index (χ1n) is 9.78. The molecule has 0 bridgehead atoms. The highest BCUT2D eigenvalue weighted by Gasteiger charge is 2.25. The van der Waals surface area contributed by atoms with Crippen molar-refractivity contribution in [2.75, 3.05) is 20.8 Å². The van der Waals surface area contributed by atoms with Crippen LogP contribution in [0.4, 0.5) is 5.69 Å². The summed E-state index contributed by atoms with van der Waals surface area (Å²) in [5.41, 5.74) is 1.55. The summed E-state index contributed by atoms with van der Waals surface area (Å²) < 4.78 is 16.4. The Bertz CT molecular complexity index is 1180. The monoisotopic (exact) mass is 434 g/mol. The number of hydrogen-bond acceptors (Lipinski definition) is 6. The third kappa shape index (κ3) is 4.51. The molecule has 0 spiro atoms. The molecule has 1 aliphatic heterocycles. The number of fused-ring (bicyclic) bond motifs is 1. The Morgan fingerprint density at radius 3 is 2.45 bits per heavy atom. The quantitative estimate of drug-likeness (QED) is 0.544. The van der Waals surface area contributed by atoms with E-state index in [-0.39, 0.29) is 5.91 Å². The fraction of sp³-hybridized carbons (Fsp3) is 0.167. The lowest BCUT2D eigenvalue weighted by molar-refractivity contribution is -0.115. The second kappa shape index (κ2) is 9.14. The molecule has 1 saturated heterocycles. The zero-order valence-corrected chi connectivity index (χ0v) is 18.3. The molecule has 0 aromatic heterocycles. The Labute approximate surface area is 184 Å². The van der Waals surface area contributed by atoms with Crippen molar-refractivity contribution >= 4 is 45.4 Å². The van der Waals surface area contributed by atoms with E-state index in [0.29, 0.717) is 22.4 Å². The molecule has 3 aromatic carbocycles. The van der Waals surface area contributed by atoms with Crippen LogP contribution < -0.4 is 19.5 Å². The van der Waals surface area contributed by atoms with Crippen LogP contribution >= 0.6 is 11.8 Å². The maximum Gasteiger partial charge on any atom is 0.264 e. The van der Waals surface area contributed by atoms with Gasteiger partial charge in [0.2, 0.25) is 0 Å². The third-order valence-electron chi connectivity index (χ3n) is 4.75. The Balaban J connectivity index is 1.68. The number of nitrogens with zero attached hydrogens (tertiary/aromatic N) is 1. The molecular weight excluding hydrogens is 412 g/mol. The van der Waals surface area contributed by atoms with E-state index in [2.05, 4.69) is 10.3 Å². The number of carbonyl (C=O) groups is 1. The third-order valence-corrected chi connectivity index (χ3v) is 5.66. The van der Waals surface area contributed by atoms with Gasteiger partial charge in [-0.3, -0.25) is 4.79 Å². The van der Waals surface area contributed by atoms with Crippen molar-refractivity contribution in [1.82, 2.24) is 5.32 Å².